The van der Waals surface area contributed by atoms with E-state index in [1.54, 1.807) is 30.5 Å². The van der Waals surface area contributed by atoms with Crippen LogP contribution in [0.3, 0.4) is 0 Å². The van der Waals surface area contributed by atoms with E-state index in [4.69, 9.17) is 11.6 Å². The predicted octanol–water partition coefficient (Wildman–Crippen LogP) is 3.90. The van der Waals surface area contributed by atoms with Gasteiger partial charge in [-0.3, -0.25) is 4.79 Å². The number of amides is 1. The van der Waals surface area contributed by atoms with Crippen molar-refractivity contribution >= 4 is 23.3 Å². The number of benzene rings is 1. The van der Waals surface area contributed by atoms with Gasteiger partial charge >= 0.3 is 0 Å². The van der Waals surface area contributed by atoms with Gasteiger partial charge in [0.1, 0.15) is 5.82 Å². The van der Waals surface area contributed by atoms with Crippen LogP contribution in [-0.2, 0) is 0 Å². The van der Waals surface area contributed by atoms with E-state index in [9.17, 15) is 4.79 Å². The molecule has 0 unspecified atom stereocenters. The summed E-state index contributed by atoms with van der Waals surface area (Å²) in [5, 5.41) is 7.81. The molecule has 0 atom stereocenters. The Morgan fingerprint density at radius 3 is 2.85 bits per heavy atom. The van der Waals surface area contributed by atoms with Crippen LogP contribution >= 0.6 is 11.6 Å². The Bertz CT molecular complexity index is 617. The standard InChI is InChI=1S/C15H16ClN3O/c16-12-5-3-4-11(10-12)15(20)18-14-8-9-17-19(14)13-6-1-2-7-13/h3-5,8-10,13H,1-2,6-7H2,(H,18,20). The van der Waals surface area contributed by atoms with Crippen LogP contribution in [0.25, 0.3) is 0 Å². The van der Waals surface area contributed by atoms with Gasteiger partial charge in [0.2, 0.25) is 0 Å². The van der Waals surface area contributed by atoms with Gasteiger partial charge in [-0.2, -0.15) is 5.10 Å². The number of hydrogen-bond donors (Lipinski definition) is 1. The summed E-state index contributed by atoms with van der Waals surface area (Å²) in [6, 6.07) is 9.16. The van der Waals surface area contributed by atoms with Crippen LogP contribution in [-0.4, -0.2) is 15.7 Å². The topological polar surface area (TPSA) is 46.9 Å². The SMILES string of the molecule is O=C(Nc1ccnn1C1CCCC1)c1cccc(Cl)c1. The lowest BCUT2D eigenvalue weighted by Gasteiger charge is -2.14. The lowest BCUT2D eigenvalue weighted by molar-refractivity contribution is 0.102. The number of hydrogen-bond acceptors (Lipinski definition) is 2. The number of carbonyl (C=O) groups excluding carboxylic acids is 1. The van der Waals surface area contributed by atoms with Crippen molar-refractivity contribution in [3.8, 4) is 0 Å². The minimum absolute atomic E-state index is 0.160. The minimum Gasteiger partial charge on any atom is -0.307 e. The number of halogens is 1. The highest BCUT2D eigenvalue weighted by atomic mass is 35.5. The second kappa shape index (κ2) is 5.67. The molecular formula is C15H16ClN3O. The third-order valence-corrected chi connectivity index (χ3v) is 3.90. The first-order valence-electron chi connectivity index (χ1n) is 6.84. The number of rotatable bonds is 3. The van der Waals surface area contributed by atoms with Crippen LogP contribution in [0.15, 0.2) is 36.5 Å². The first kappa shape index (κ1) is 13.2. The average Bonchev–Trinajstić information content (AvgIpc) is 3.08. The Morgan fingerprint density at radius 2 is 2.10 bits per heavy atom. The van der Waals surface area contributed by atoms with E-state index in [0.29, 0.717) is 16.6 Å². The molecular weight excluding hydrogens is 274 g/mol. The average molecular weight is 290 g/mol. The van der Waals surface area contributed by atoms with Crippen LogP contribution in [0.4, 0.5) is 5.82 Å². The van der Waals surface area contributed by atoms with Crippen LogP contribution in [0.5, 0.6) is 0 Å². The Morgan fingerprint density at radius 1 is 1.30 bits per heavy atom. The second-order valence-electron chi connectivity index (χ2n) is 5.06. The summed E-state index contributed by atoms with van der Waals surface area (Å²) < 4.78 is 1.93. The summed E-state index contributed by atoms with van der Waals surface area (Å²) in [4.78, 5) is 12.2. The van der Waals surface area contributed by atoms with Crippen molar-refractivity contribution in [1.82, 2.24) is 9.78 Å². The molecule has 1 aliphatic rings. The molecule has 1 aromatic heterocycles. The zero-order valence-electron chi connectivity index (χ0n) is 11.1. The fourth-order valence-electron chi connectivity index (χ4n) is 2.67. The molecule has 104 valence electrons. The monoisotopic (exact) mass is 289 g/mol. The van der Waals surface area contributed by atoms with E-state index in [2.05, 4.69) is 10.4 Å². The quantitative estimate of drug-likeness (QED) is 0.931. The van der Waals surface area contributed by atoms with Crippen molar-refractivity contribution in [2.45, 2.75) is 31.7 Å². The van der Waals surface area contributed by atoms with Gasteiger partial charge in [-0.25, -0.2) is 4.68 Å². The molecule has 2 aromatic rings. The molecule has 1 N–H and O–H groups in total. The molecule has 4 nitrogen and oxygen atoms in total. The fourth-order valence-corrected chi connectivity index (χ4v) is 2.86. The zero-order valence-corrected chi connectivity index (χ0v) is 11.8. The molecule has 0 saturated heterocycles. The van der Waals surface area contributed by atoms with Gasteiger partial charge in [0.05, 0.1) is 12.2 Å². The maximum Gasteiger partial charge on any atom is 0.256 e. The number of nitrogens with zero attached hydrogens (tertiary/aromatic N) is 2. The van der Waals surface area contributed by atoms with Gasteiger partial charge in [-0.05, 0) is 31.0 Å². The van der Waals surface area contributed by atoms with Crippen molar-refractivity contribution in [3.05, 3.63) is 47.1 Å². The van der Waals surface area contributed by atoms with Crippen LogP contribution < -0.4 is 5.32 Å². The molecule has 5 heteroatoms. The molecule has 1 saturated carbocycles. The molecule has 1 fully saturated rings. The number of nitrogens with one attached hydrogen (secondary N) is 1. The lowest BCUT2D eigenvalue weighted by atomic mass is 10.2. The molecule has 20 heavy (non-hydrogen) atoms. The van der Waals surface area contributed by atoms with E-state index >= 15 is 0 Å². The van der Waals surface area contributed by atoms with E-state index in [1.165, 1.54) is 12.8 Å². The summed E-state index contributed by atoms with van der Waals surface area (Å²) in [7, 11) is 0. The summed E-state index contributed by atoms with van der Waals surface area (Å²) in [5.41, 5.74) is 0.552. The minimum atomic E-state index is -0.160. The van der Waals surface area contributed by atoms with Crippen LogP contribution in [0.2, 0.25) is 5.02 Å². The zero-order chi connectivity index (χ0) is 13.9. The van der Waals surface area contributed by atoms with E-state index in [1.807, 2.05) is 10.7 Å². The second-order valence-corrected chi connectivity index (χ2v) is 5.50. The molecule has 0 radical (unpaired) electrons. The molecule has 0 spiro atoms. The third kappa shape index (κ3) is 2.70. The highest BCUT2D eigenvalue weighted by molar-refractivity contribution is 6.31. The van der Waals surface area contributed by atoms with Gasteiger partial charge in [-0.1, -0.05) is 30.5 Å². The van der Waals surface area contributed by atoms with E-state index < -0.39 is 0 Å². The molecule has 0 aliphatic heterocycles. The number of aromatic nitrogens is 2. The van der Waals surface area contributed by atoms with Gasteiger partial charge in [0, 0.05) is 16.7 Å². The van der Waals surface area contributed by atoms with Crippen LogP contribution in [0, 0.1) is 0 Å². The normalized spacial score (nSPS) is 15.4. The lowest BCUT2D eigenvalue weighted by Crippen LogP contribution is -2.17. The van der Waals surface area contributed by atoms with Crippen molar-refractivity contribution < 1.29 is 4.79 Å². The molecule has 1 aliphatic carbocycles. The summed E-state index contributed by atoms with van der Waals surface area (Å²) in [6.45, 7) is 0. The Kier molecular flexibility index (Phi) is 3.74. The highest BCUT2D eigenvalue weighted by Crippen LogP contribution is 2.31. The Balaban J connectivity index is 1.78. The summed E-state index contributed by atoms with van der Waals surface area (Å²) in [5.74, 6) is 0.592. The fraction of sp³-hybridized carbons (Fsp3) is 0.333. The van der Waals surface area contributed by atoms with Crippen molar-refractivity contribution in [2.24, 2.45) is 0 Å². The van der Waals surface area contributed by atoms with Crippen molar-refractivity contribution in [2.75, 3.05) is 5.32 Å². The van der Waals surface area contributed by atoms with E-state index in [-0.39, 0.29) is 5.91 Å². The first-order valence-corrected chi connectivity index (χ1v) is 7.22. The predicted molar refractivity (Wildman–Crippen MR) is 79.1 cm³/mol. The molecule has 3 rings (SSSR count). The smallest absolute Gasteiger partial charge is 0.256 e. The first-order chi connectivity index (χ1) is 9.74. The Labute approximate surface area is 122 Å². The van der Waals surface area contributed by atoms with Crippen molar-refractivity contribution in [3.63, 3.8) is 0 Å². The summed E-state index contributed by atoms with van der Waals surface area (Å²) in [6.07, 6.45) is 6.44. The van der Waals surface area contributed by atoms with Gasteiger partial charge in [0.15, 0.2) is 0 Å². The van der Waals surface area contributed by atoms with Crippen molar-refractivity contribution in [1.29, 1.82) is 0 Å². The number of anilines is 1. The Hall–Kier alpha value is -1.81. The highest BCUT2D eigenvalue weighted by Gasteiger charge is 2.20. The molecule has 1 heterocycles. The molecule has 1 amide bonds. The summed E-state index contributed by atoms with van der Waals surface area (Å²) >= 11 is 5.91. The maximum atomic E-state index is 12.2. The molecule has 1 aromatic carbocycles. The third-order valence-electron chi connectivity index (χ3n) is 3.67. The van der Waals surface area contributed by atoms with Crippen LogP contribution in [0.1, 0.15) is 42.1 Å². The largest absolute Gasteiger partial charge is 0.307 e. The van der Waals surface area contributed by atoms with Gasteiger partial charge < -0.3 is 5.32 Å². The molecule has 0 bridgehead atoms. The maximum absolute atomic E-state index is 12.2. The van der Waals surface area contributed by atoms with E-state index in [0.717, 1.165) is 18.7 Å². The van der Waals surface area contributed by atoms with Gasteiger partial charge in [-0.15, -0.1) is 0 Å². The van der Waals surface area contributed by atoms with Gasteiger partial charge in [0.25, 0.3) is 5.91 Å². The number of carbonyl (C=O) groups is 1.